The van der Waals surface area contributed by atoms with Crippen LogP contribution in [0.5, 0.6) is 0 Å². The first kappa shape index (κ1) is 12.7. The predicted octanol–water partition coefficient (Wildman–Crippen LogP) is -0.392. The molecule has 1 rings (SSSR count). The van der Waals surface area contributed by atoms with Gasteiger partial charge in [0.15, 0.2) is 0 Å². The van der Waals surface area contributed by atoms with E-state index in [4.69, 9.17) is 5.11 Å². The van der Waals surface area contributed by atoms with E-state index in [0.29, 0.717) is 6.54 Å². The van der Waals surface area contributed by atoms with Crippen LogP contribution in [0.2, 0.25) is 0 Å². The molecular weight excluding hydrogens is 234 g/mol. The lowest BCUT2D eigenvalue weighted by molar-refractivity contribution is -0.137. The second-order valence-corrected chi connectivity index (χ2v) is 5.23. The molecule has 0 saturated carbocycles. The molecule has 90 valence electrons. The van der Waals surface area contributed by atoms with Crippen molar-refractivity contribution in [2.75, 3.05) is 13.6 Å². The number of carboxylic acid groups (broad SMARTS) is 1. The van der Waals surface area contributed by atoms with Gasteiger partial charge in [-0.3, -0.25) is 9.48 Å². The topological polar surface area (TPSA) is 92.5 Å². The molecule has 0 spiro atoms. The summed E-state index contributed by atoms with van der Waals surface area (Å²) in [5.74, 6) is -1.20. The minimum Gasteiger partial charge on any atom is -0.480 e. The summed E-state index contributed by atoms with van der Waals surface area (Å²) in [5.41, 5.74) is 0. The van der Waals surface area contributed by atoms with E-state index in [-0.39, 0.29) is 4.90 Å². The summed E-state index contributed by atoms with van der Waals surface area (Å²) >= 11 is 0. The van der Waals surface area contributed by atoms with Crippen LogP contribution in [0.3, 0.4) is 0 Å². The second-order valence-electron chi connectivity index (χ2n) is 3.19. The summed E-state index contributed by atoms with van der Waals surface area (Å²) in [4.78, 5) is 10.4. The average Bonchev–Trinajstić information content (AvgIpc) is 2.65. The van der Waals surface area contributed by atoms with Crippen LogP contribution in [0.1, 0.15) is 6.92 Å². The monoisotopic (exact) mass is 247 g/mol. The fourth-order valence-corrected chi connectivity index (χ4v) is 2.18. The van der Waals surface area contributed by atoms with Gasteiger partial charge in [0.2, 0.25) is 10.0 Å². The van der Waals surface area contributed by atoms with Crippen molar-refractivity contribution in [3.8, 4) is 0 Å². The molecular formula is C8H13N3O4S. The van der Waals surface area contributed by atoms with Crippen LogP contribution in [-0.2, 0) is 21.4 Å². The van der Waals surface area contributed by atoms with Crippen LogP contribution in [-0.4, -0.2) is 47.2 Å². The molecule has 0 fully saturated rings. The summed E-state index contributed by atoms with van der Waals surface area (Å²) < 4.78 is 25.8. The molecule has 16 heavy (non-hydrogen) atoms. The van der Waals surface area contributed by atoms with Gasteiger partial charge in [0, 0.05) is 19.8 Å². The highest BCUT2D eigenvalue weighted by atomic mass is 32.2. The molecule has 0 aliphatic rings. The van der Waals surface area contributed by atoms with E-state index in [0.717, 1.165) is 4.31 Å². The third-order valence-corrected chi connectivity index (χ3v) is 3.76. The standard InChI is InChI=1S/C8H13N3O4S/c1-3-11-5-7(4-9-11)16(14,15)10(2)6-8(12)13/h4-5H,3,6H2,1-2H3,(H,12,13). The zero-order chi connectivity index (χ0) is 12.3. The van der Waals surface area contributed by atoms with Gasteiger partial charge in [0.1, 0.15) is 11.4 Å². The Hall–Kier alpha value is -1.41. The number of likely N-dealkylation sites (N-methyl/N-ethyl adjacent to an activating group) is 1. The minimum atomic E-state index is -3.75. The van der Waals surface area contributed by atoms with Crippen molar-refractivity contribution in [1.82, 2.24) is 14.1 Å². The van der Waals surface area contributed by atoms with Crippen LogP contribution in [0.15, 0.2) is 17.3 Å². The number of aryl methyl sites for hydroxylation is 1. The van der Waals surface area contributed by atoms with E-state index in [1.165, 1.54) is 24.1 Å². The van der Waals surface area contributed by atoms with Crippen molar-refractivity contribution >= 4 is 16.0 Å². The zero-order valence-corrected chi connectivity index (χ0v) is 9.81. The minimum absolute atomic E-state index is 0.00176. The Bertz CT molecular complexity index is 479. The zero-order valence-electron chi connectivity index (χ0n) is 8.99. The van der Waals surface area contributed by atoms with E-state index in [2.05, 4.69) is 5.10 Å². The van der Waals surface area contributed by atoms with Gasteiger partial charge in [0.25, 0.3) is 0 Å². The van der Waals surface area contributed by atoms with Gasteiger partial charge in [-0.05, 0) is 6.92 Å². The number of carboxylic acids is 1. The van der Waals surface area contributed by atoms with Gasteiger partial charge in [0.05, 0.1) is 6.20 Å². The number of aliphatic carboxylic acids is 1. The molecule has 0 aliphatic heterocycles. The Morgan fingerprint density at radius 2 is 2.25 bits per heavy atom. The summed E-state index contributed by atoms with van der Waals surface area (Å²) in [7, 11) is -2.54. The SMILES string of the molecule is CCn1cc(S(=O)(=O)N(C)CC(=O)O)cn1. The Balaban J connectivity index is 2.97. The van der Waals surface area contributed by atoms with Gasteiger partial charge in [-0.2, -0.15) is 9.40 Å². The fourth-order valence-electron chi connectivity index (χ4n) is 1.11. The maximum atomic E-state index is 11.8. The molecule has 0 radical (unpaired) electrons. The van der Waals surface area contributed by atoms with Crippen molar-refractivity contribution in [2.24, 2.45) is 0 Å². The molecule has 8 heteroatoms. The first-order chi connectivity index (χ1) is 7.37. The van der Waals surface area contributed by atoms with Gasteiger partial charge < -0.3 is 5.11 Å². The summed E-state index contributed by atoms with van der Waals surface area (Å²) in [5, 5.41) is 12.3. The lowest BCUT2D eigenvalue weighted by atomic mass is 10.7. The van der Waals surface area contributed by atoms with Crippen LogP contribution < -0.4 is 0 Å². The second kappa shape index (κ2) is 4.62. The maximum Gasteiger partial charge on any atom is 0.318 e. The maximum absolute atomic E-state index is 11.8. The summed E-state index contributed by atoms with van der Waals surface area (Å²) in [6.45, 7) is 1.81. The highest BCUT2D eigenvalue weighted by Gasteiger charge is 2.24. The van der Waals surface area contributed by atoms with Crippen molar-refractivity contribution < 1.29 is 18.3 Å². The number of aromatic nitrogens is 2. The molecule has 7 nitrogen and oxygen atoms in total. The molecule has 1 N–H and O–H groups in total. The van der Waals surface area contributed by atoms with E-state index >= 15 is 0 Å². The number of carbonyl (C=O) groups is 1. The summed E-state index contributed by atoms with van der Waals surface area (Å²) in [6.07, 6.45) is 2.57. The summed E-state index contributed by atoms with van der Waals surface area (Å²) in [6, 6.07) is 0. The van der Waals surface area contributed by atoms with Crippen molar-refractivity contribution in [1.29, 1.82) is 0 Å². The van der Waals surface area contributed by atoms with Crippen molar-refractivity contribution in [3.05, 3.63) is 12.4 Å². The van der Waals surface area contributed by atoms with Gasteiger partial charge in [-0.25, -0.2) is 8.42 Å². The highest BCUT2D eigenvalue weighted by molar-refractivity contribution is 7.89. The lowest BCUT2D eigenvalue weighted by Gasteiger charge is -2.12. The van der Waals surface area contributed by atoms with E-state index < -0.39 is 22.5 Å². The van der Waals surface area contributed by atoms with Crippen LogP contribution in [0, 0.1) is 0 Å². The van der Waals surface area contributed by atoms with Gasteiger partial charge in [-0.15, -0.1) is 0 Å². The van der Waals surface area contributed by atoms with E-state index in [1.54, 1.807) is 0 Å². The number of rotatable bonds is 5. The average molecular weight is 247 g/mol. The normalized spacial score (nSPS) is 11.9. The molecule has 0 aliphatic carbocycles. The molecule has 0 bridgehead atoms. The Labute approximate surface area is 93.3 Å². The molecule has 0 saturated heterocycles. The molecule has 0 atom stereocenters. The quantitative estimate of drug-likeness (QED) is 0.764. The lowest BCUT2D eigenvalue weighted by Crippen LogP contribution is -2.31. The van der Waals surface area contributed by atoms with Crippen molar-refractivity contribution in [2.45, 2.75) is 18.4 Å². The number of sulfonamides is 1. The van der Waals surface area contributed by atoms with Crippen LogP contribution >= 0.6 is 0 Å². The predicted molar refractivity (Wildman–Crippen MR) is 55.4 cm³/mol. The molecule has 0 unspecified atom stereocenters. The first-order valence-electron chi connectivity index (χ1n) is 4.58. The van der Waals surface area contributed by atoms with Crippen LogP contribution in [0.25, 0.3) is 0 Å². The largest absolute Gasteiger partial charge is 0.480 e. The van der Waals surface area contributed by atoms with E-state index in [9.17, 15) is 13.2 Å². The first-order valence-corrected chi connectivity index (χ1v) is 6.02. The Morgan fingerprint density at radius 3 is 2.69 bits per heavy atom. The molecule has 1 aromatic rings. The van der Waals surface area contributed by atoms with Gasteiger partial charge in [-0.1, -0.05) is 0 Å². The van der Waals surface area contributed by atoms with E-state index in [1.807, 2.05) is 6.92 Å². The van der Waals surface area contributed by atoms with Crippen LogP contribution in [0.4, 0.5) is 0 Å². The third kappa shape index (κ3) is 2.58. The molecule has 0 aromatic carbocycles. The smallest absolute Gasteiger partial charge is 0.318 e. The molecule has 0 amide bonds. The number of hydrogen-bond acceptors (Lipinski definition) is 4. The Morgan fingerprint density at radius 1 is 1.62 bits per heavy atom. The molecule has 1 heterocycles. The van der Waals surface area contributed by atoms with Gasteiger partial charge >= 0.3 is 5.97 Å². The Kier molecular flexibility index (Phi) is 3.66. The fraction of sp³-hybridized carbons (Fsp3) is 0.500. The highest BCUT2D eigenvalue weighted by Crippen LogP contribution is 2.12. The number of nitrogens with zero attached hydrogens (tertiary/aromatic N) is 3. The third-order valence-electron chi connectivity index (χ3n) is 2.00. The number of hydrogen-bond donors (Lipinski definition) is 1. The molecule has 1 aromatic heterocycles. The van der Waals surface area contributed by atoms with Crippen molar-refractivity contribution in [3.63, 3.8) is 0 Å².